The number of benzene rings is 1. The molecule has 2 unspecified atom stereocenters. The third kappa shape index (κ3) is 3.05. The predicted octanol–water partition coefficient (Wildman–Crippen LogP) is 0.862. The Morgan fingerprint density at radius 1 is 1.25 bits per heavy atom. The van der Waals surface area contributed by atoms with Crippen molar-refractivity contribution in [3.05, 3.63) is 18.2 Å². The molecule has 1 aromatic rings. The minimum atomic E-state index is -3.69. The Bertz CT molecular complexity index is 574. The molecular formula is C13H20N2O4S. The molecule has 20 heavy (non-hydrogen) atoms. The molecule has 6 nitrogen and oxygen atoms in total. The zero-order valence-electron chi connectivity index (χ0n) is 11.6. The van der Waals surface area contributed by atoms with E-state index in [0.717, 1.165) is 19.3 Å². The molecule has 0 bridgehead atoms. The molecule has 0 spiro atoms. The first-order valence-electron chi connectivity index (χ1n) is 6.48. The van der Waals surface area contributed by atoms with E-state index in [9.17, 15) is 8.42 Å². The molecule has 1 fully saturated rings. The SMILES string of the molecule is COc1ccc(OC)c(S(=O)(=O)NC2CCCC2N)c1. The van der Waals surface area contributed by atoms with Gasteiger partial charge in [-0.25, -0.2) is 13.1 Å². The summed E-state index contributed by atoms with van der Waals surface area (Å²) in [5, 5.41) is 0. The average molecular weight is 300 g/mol. The molecule has 1 aliphatic carbocycles. The van der Waals surface area contributed by atoms with Gasteiger partial charge >= 0.3 is 0 Å². The normalized spacial score (nSPS) is 22.8. The number of hydrogen-bond donors (Lipinski definition) is 2. The maximum Gasteiger partial charge on any atom is 0.244 e. The molecule has 0 saturated heterocycles. The summed E-state index contributed by atoms with van der Waals surface area (Å²) >= 11 is 0. The molecule has 0 aromatic heterocycles. The summed E-state index contributed by atoms with van der Waals surface area (Å²) < 4.78 is 37.8. The van der Waals surface area contributed by atoms with Gasteiger partial charge in [0.25, 0.3) is 0 Å². The van der Waals surface area contributed by atoms with E-state index >= 15 is 0 Å². The first-order chi connectivity index (χ1) is 9.47. The van der Waals surface area contributed by atoms with Crippen LogP contribution >= 0.6 is 0 Å². The molecule has 1 saturated carbocycles. The van der Waals surface area contributed by atoms with E-state index in [0.29, 0.717) is 5.75 Å². The van der Waals surface area contributed by atoms with Gasteiger partial charge < -0.3 is 15.2 Å². The van der Waals surface area contributed by atoms with Crippen molar-refractivity contribution >= 4 is 10.0 Å². The van der Waals surface area contributed by atoms with Crippen molar-refractivity contribution in [2.45, 2.75) is 36.2 Å². The molecule has 0 amide bonds. The van der Waals surface area contributed by atoms with Gasteiger partial charge in [-0.05, 0) is 25.0 Å². The molecule has 0 aliphatic heterocycles. The molecule has 2 atom stereocenters. The average Bonchev–Trinajstić information content (AvgIpc) is 2.83. The van der Waals surface area contributed by atoms with Crippen molar-refractivity contribution < 1.29 is 17.9 Å². The van der Waals surface area contributed by atoms with Gasteiger partial charge in [0.2, 0.25) is 10.0 Å². The maximum atomic E-state index is 12.5. The summed E-state index contributed by atoms with van der Waals surface area (Å²) in [4.78, 5) is 0.0680. The van der Waals surface area contributed by atoms with Crippen LogP contribution in [0.5, 0.6) is 11.5 Å². The first kappa shape index (κ1) is 15.1. The largest absolute Gasteiger partial charge is 0.497 e. The van der Waals surface area contributed by atoms with Crippen molar-refractivity contribution in [1.29, 1.82) is 0 Å². The van der Waals surface area contributed by atoms with E-state index in [4.69, 9.17) is 15.2 Å². The highest BCUT2D eigenvalue weighted by molar-refractivity contribution is 7.89. The first-order valence-corrected chi connectivity index (χ1v) is 7.96. The quantitative estimate of drug-likeness (QED) is 0.841. The molecule has 1 aliphatic rings. The van der Waals surface area contributed by atoms with Crippen molar-refractivity contribution in [2.75, 3.05) is 14.2 Å². The van der Waals surface area contributed by atoms with E-state index in [-0.39, 0.29) is 22.7 Å². The highest BCUT2D eigenvalue weighted by Crippen LogP contribution is 2.29. The minimum Gasteiger partial charge on any atom is -0.497 e. The van der Waals surface area contributed by atoms with Crippen LogP contribution in [-0.4, -0.2) is 34.7 Å². The molecule has 7 heteroatoms. The standard InChI is InChI=1S/C13H20N2O4S/c1-18-9-6-7-12(19-2)13(8-9)20(16,17)15-11-5-3-4-10(11)14/h6-8,10-11,15H,3-5,14H2,1-2H3. The van der Waals surface area contributed by atoms with Gasteiger partial charge in [-0.2, -0.15) is 0 Å². The smallest absolute Gasteiger partial charge is 0.244 e. The Morgan fingerprint density at radius 2 is 2.00 bits per heavy atom. The second-order valence-electron chi connectivity index (χ2n) is 4.84. The summed E-state index contributed by atoms with van der Waals surface area (Å²) in [7, 11) is -0.770. The van der Waals surface area contributed by atoms with E-state index in [1.165, 1.54) is 20.3 Å². The summed E-state index contributed by atoms with van der Waals surface area (Å²) in [6.07, 6.45) is 2.53. The third-order valence-electron chi connectivity index (χ3n) is 3.54. The molecule has 1 aromatic carbocycles. The molecule has 112 valence electrons. The number of rotatable bonds is 5. The maximum absolute atomic E-state index is 12.5. The molecule has 2 rings (SSSR count). The lowest BCUT2D eigenvalue weighted by molar-refractivity contribution is 0.391. The number of nitrogens with one attached hydrogen (secondary N) is 1. The zero-order chi connectivity index (χ0) is 14.8. The number of ether oxygens (including phenoxy) is 2. The summed E-state index contributed by atoms with van der Waals surface area (Å²) in [6, 6.07) is 4.31. The Morgan fingerprint density at radius 3 is 2.55 bits per heavy atom. The van der Waals surface area contributed by atoms with Crippen LogP contribution in [0.2, 0.25) is 0 Å². The second-order valence-corrected chi connectivity index (χ2v) is 6.52. The van der Waals surface area contributed by atoms with Crippen LogP contribution in [0.3, 0.4) is 0 Å². The fourth-order valence-corrected chi connectivity index (χ4v) is 3.90. The van der Waals surface area contributed by atoms with E-state index in [2.05, 4.69) is 4.72 Å². The lowest BCUT2D eigenvalue weighted by Crippen LogP contribution is -2.43. The topological polar surface area (TPSA) is 90.6 Å². The number of hydrogen-bond acceptors (Lipinski definition) is 5. The Kier molecular flexibility index (Phi) is 4.52. The second kappa shape index (κ2) is 5.99. The Hall–Kier alpha value is -1.31. The van der Waals surface area contributed by atoms with Crippen LogP contribution in [0, 0.1) is 0 Å². The highest BCUT2D eigenvalue weighted by atomic mass is 32.2. The fourth-order valence-electron chi connectivity index (χ4n) is 2.39. The van der Waals surface area contributed by atoms with E-state index in [1.807, 2.05) is 0 Å². The summed E-state index contributed by atoms with van der Waals surface area (Å²) in [6.45, 7) is 0. The van der Waals surface area contributed by atoms with Crippen LogP contribution in [-0.2, 0) is 10.0 Å². The van der Waals surface area contributed by atoms with E-state index < -0.39 is 10.0 Å². The number of sulfonamides is 1. The van der Waals surface area contributed by atoms with Gasteiger partial charge in [0.05, 0.1) is 14.2 Å². The molecule has 0 radical (unpaired) electrons. The highest BCUT2D eigenvalue weighted by Gasteiger charge is 2.30. The number of methoxy groups -OCH3 is 2. The van der Waals surface area contributed by atoms with E-state index in [1.54, 1.807) is 12.1 Å². The number of nitrogens with two attached hydrogens (primary N) is 1. The zero-order valence-corrected chi connectivity index (χ0v) is 12.4. The van der Waals surface area contributed by atoms with Crippen molar-refractivity contribution in [3.8, 4) is 11.5 Å². The predicted molar refractivity (Wildman–Crippen MR) is 75.5 cm³/mol. The third-order valence-corrected chi connectivity index (χ3v) is 5.05. The summed E-state index contributed by atoms with van der Waals surface area (Å²) in [5.41, 5.74) is 5.91. The van der Waals surface area contributed by atoms with Gasteiger partial charge in [-0.1, -0.05) is 6.42 Å². The van der Waals surface area contributed by atoms with Crippen LogP contribution in [0.4, 0.5) is 0 Å². The van der Waals surface area contributed by atoms with Gasteiger partial charge in [0, 0.05) is 18.2 Å². The van der Waals surface area contributed by atoms with Crippen LogP contribution in [0.25, 0.3) is 0 Å². The molecular weight excluding hydrogens is 280 g/mol. The summed E-state index contributed by atoms with van der Waals surface area (Å²) in [5.74, 6) is 0.742. The van der Waals surface area contributed by atoms with Crippen molar-refractivity contribution in [2.24, 2.45) is 5.73 Å². The fraction of sp³-hybridized carbons (Fsp3) is 0.538. The van der Waals surface area contributed by atoms with Crippen molar-refractivity contribution in [3.63, 3.8) is 0 Å². The minimum absolute atomic E-state index is 0.0680. The monoisotopic (exact) mass is 300 g/mol. The lowest BCUT2D eigenvalue weighted by atomic mass is 10.2. The molecule has 0 heterocycles. The lowest BCUT2D eigenvalue weighted by Gasteiger charge is -2.18. The Labute approximate surface area is 119 Å². The van der Waals surface area contributed by atoms with Crippen molar-refractivity contribution in [1.82, 2.24) is 4.72 Å². The Balaban J connectivity index is 2.32. The van der Waals surface area contributed by atoms with Gasteiger partial charge in [-0.15, -0.1) is 0 Å². The van der Waals surface area contributed by atoms with Crippen LogP contribution in [0.15, 0.2) is 23.1 Å². The van der Waals surface area contributed by atoms with Gasteiger partial charge in [0.15, 0.2) is 0 Å². The van der Waals surface area contributed by atoms with Gasteiger partial charge in [0.1, 0.15) is 16.4 Å². The van der Waals surface area contributed by atoms with Gasteiger partial charge in [-0.3, -0.25) is 0 Å². The molecule has 3 N–H and O–H groups in total. The van der Waals surface area contributed by atoms with Crippen LogP contribution in [0.1, 0.15) is 19.3 Å². The van der Waals surface area contributed by atoms with Crippen LogP contribution < -0.4 is 19.9 Å².